The molecule has 1 amide bonds. The van der Waals surface area contributed by atoms with Crippen molar-refractivity contribution in [1.82, 2.24) is 24.8 Å². The zero-order chi connectivity index (χ0) is 19.5. The van der Waals surface area contributed by atoms with Crippen LogP contribution in [0.15, 0.2) is 34.9 Å². The van der Waals surface area contributed by atoms with Crippen molar-refractivity contribution in [3.63, 3.8) is 0 Å². The fourth-order valence-electron chi connectivity index (χ4n) is 3.68. The van der Waals surface area contributed by atoms with Gasteiger partial charge in [-0.25, -0.2) is 4.68 Å². The van der Waals surface area contributed by atoms with Crippen molar-refractivity contribution in [3.8, 4) is 5.69 Å². The second-order valence-corrected chi connectivity index (χ2v) is 7.20. The van der Waals surface area contributed by atoms with E-state index in [0.717, 1.165) is 42.6 Å². The summed E-state index contributed by atoms with van der Waals surface area (Å²) in [5, 5.41) is 8.65. The average Bonchev–Trinajstić information content (AvgIpc) is 3.25. The molecule has 0 aliphatic heterocycles. The van der Waals surface area contributed by atoms with Crippen molar-refractivity contribution in [2.75, 3.05) is 7.05 Å². The van der Waals surface area contributed by atoms with Crippen LogP contribution in [0.1, 0.15) is 59.6 Å². The molecule has 1 aromatic carbocycles. The number of rotatable bonds is 5. The first-order chi connectivity index (χ1) is 13.7. The highest BCUT2D eigenvalue weighted by molar-refractivity contribution is 5.94. The molecule has 0 bridgehead atoms. The third kappa shape index (κ3) is 3.56. The van der Waals surface area contributed by atoms with Crippen molar-refractivity contribution < 1.29 is 9.32 Å². The number of aryl methyl sites for hydroxylation is 1. The maximum atomic E-state index is 13.2. The van der Waals surface area contributed by atoms with Crippen LogP contribution in [0.5, 0.6) is 0 Å². The van der Waals surface area contributed by atoms with Crippen molar-refractivity contribution in [3.05, 3.63) is 59.0 Å². The largest absolute Gasteiger partial charge is 0.337 e. The molecular formula is C21H25N5O2. The molecule has 0 atom stereocenters. The first-order valence-electron chi connectivity index (χ1n) is 9.90. The van der Waals surface area contributed by atoms with Crippen molar-refractivity contribution >= 4 is 5.91 Å². The zero-order valence-corrected chi connectivity index (χ0v) is 16.4. The molecule has 0 saturated carbocycles. The van der Waals surface area contributed by atoms with Gasteiger partial charge in [0.15, 0.2) is 11.5 Å². The summed E-state index contributed by atoms with van der Waals surface area (Å²) in [5.74, 6) is 0.989. The van der Waals surface area contributed by atoms with Crippen LogP contribution in [0.3, 0.4) is 0 Å². The Hall–Kier alpha value is -2.96. The quantitative estimate of drug-likeness (QED) is 0.635. The Morgan fingerprint density at radius 3 is 2.71 bits per heavy atom. The van der Waals surface area contributed by atoms with Gasteiger partial charge in [-0.3, -0.25) is 4.79 Å². The molecule has 0 saturated heterocycles. The van der Waals surface area contributed by atoms with Crippen LogP contribution < -0.4 is 0 Å². The number of para-hydroxylation sites is 1. The molecule has 7 nitrogen and oxygen atoms in total. The Morgan fingerprint density at radius 2 is 1.96 bits per heavy atom. The average molecular weight is 379 g/mol. The fraction of sp³-hybridized carbons (Fsp3) is 0.429. The summed E-state index contributed by atoms with van der Waals surface area (Å²) in [4.78, 5) is 19.1. The lowest BCUT2D eigenvalue weighted by Gasteiger charge is -2.14. The molecule has 1 aliphatic rings. The molecule has 2 aromatic heterocycles. The first kappa shape index (κ1) is 18.4. The van der Waals surface area contributed by atoms with Gasteiger partial charge in [0.2, 0.25) is 5.89 Å². The lowest BCUT2D eigenvalue weighted by Crippen LogP contribution is -2.27. The van der Waals surface area contributed by atoms with Crippen LogP contribution in [0, 0.1) is 0 Å². The number of hydrogen-bond acceptors (Lipinski definition) is 5. The maximum Gasteiger partial charge on any atom is 0.274 e. The van der Waals surface area contributed by atoms with Gasteiger partial charge in [0.1, 0.15) is 6.54 Å². The molecule has 28 heavy (non-hydrogen) atoms. The minimum atomic E-state index is -0.107. The highest BCUT2D eigenvalue weighted by atomic mass is 16.5. The van der Waals surface area contributed by atoms with Crippen LogP contribution >= 0.6 is 0 Å². The third-order valence-electron chi connectivity index (χ3n) is 5.18. The number of nitrogens with zero attached hydrogens (tertiary/aromatic N) is 5. The van der Waals surface area contributed by atoms with Crippen LogP contribution in [0.25, 0.3) is 5.69 Å². The van der Waals surface area contributed by atoms with E-state index in [1.807, 2.05) is 41.9 Å². The van der Waals surface area contributed by atoms with Gasteiger partial charge in [-0.2, -0.15) is 10.1 Å². The van der Waals surface area contributed by atoms with E-state index in [0.29, 0.717) is 23.8 Å². The van der Waals surface area contributed by atoms with Crippen LogP contribution in [0.4, 0.5) is 0 Å². The minimum absolute atomic E-state index is 0.107. The van der Waals surface area contributed by atoms with Crippen LogP contribution in [-0.2, 0) is 25.8 Å². The number of amides is 1. The number of aromatic nitrogens is 4. The number of carbonyl (C=O) groups excluding carboxylic acids is 1. The van der Waals surface area contributed by atoms with Gasteiger partial charge in [-0.15, -0.1) is 0 Å². The van der Waals surface area contributed by atoms with Gasteiger partial charge in [0, 0.05) is 24.7 Å². The normalized spacial score (nSPS) is 13.8. The highest BCUT2D eigenvalue weighted by Crippen LogP contribution is 2.27. The van der Waals surface area contributed by atoms with E-state index in [2.05, 4.69) is 10.1 Å². The lowest BCUT2D eigenvalue weighted by atomic mass is 10.1. The topological polar surface area (TPSA) is 77.0 Å². The van der Waals surface area contributed by atoms with Gasteiger partial charge in [0.05, 0.1) is 5.69 Å². The van der Waals surface area contributed by atoms with Gasteiger partial charge >= 0.3 is 0 Å². The summed E-state index contributed by atoms with van der Waals surface area (Å²) in [6.07, 6.45) is 5.91. The van der Waals surface area contributed by atoms with Gasteiger partial charge in [-0.1, -0.05) is 36.7 Å². The molecule has 0 N–H and O–H groups in total. The molecule has 2 heterocycles. The summed E-state index contributed by atoms with van der Waals surface area (Å²) in [6.45, 7) is 2.24. The summed E-state index contributed by atoms with van der Waals surface area (Å²) in [6, 6.07) is 10.0. The molecule has 3 aromatic rings. The van der Waals surface area contributed by atoms with Crippen LogP contribution in [-0.4, -0.2) is 37.8 Å². The standard InChI is InChI=1S/C21H25N5O2/c1-3-18-22-19(28-24-18)14-25(2)21(27)20-16-12-8-5-9-13-17(16)26(23-20)15-10-6-4-7-11-15/h4,6-7,10-11H,3,5,8-9,12-14H2,1-2H3. The molecule has 4 rings (SSSR count). The first-order valence-corrected chi connectivity index (χ1v) is 9.90. The van der Waals surface area contributed by atoms with E-state index < -0.39 is 0 Å². The maximum absolute atomic E-state index is 13.2. The molecule has 0 radical (unpaired) electrons. The van der Waals surface area contributed by atoms with Crippen LogP contribution in [0.2, 0.25) is 0 Å². The smallest absolute Gasteiger partial charge is 0.274 e. The van der Waals surface area contributed by atoms with E-state index in [1.54, 1.807) is 11.9 Å². The predicted octanol–water partition coefficient (Wildman–Crippen LogP) is 3.36. The Kier molecular flexibility index (Phi) is 5.23. The summed E-state index contributed by atoms with van der Waals surface area (Å²) >= 11 is 0. The minimum Gasteiger partial charge on any atom is -0.337 e. The predicted molar refractivity (Wildman–Crippen MR) is 104 cm³/mol. The molecule has 7 heteroatoms. The number of carbonyl (C=O) groups is 1. The summed E-state index contributed by atoms with van der Waals surface area (Å²) in [7, 11) is 1.75. The van der Waals surface area contributed by atoms with Crippen molar-refractivity contribution in [2.24, 2.45) is 0 Å². The van der Waals surface area contributed by atoms with E-state index in [1.165, 1.54) is 6.42 Å². The Labute approximate surface area is 164 Å². The van der Waals surface area contributed by atoms with E-state index >= 15 is 0 Å². The summed E-state index contributed by atoms with van der Waals surface area (Å²) < 4.78 is 7.19. The van der Waals surface area contributed by atoms with E-state index in [9.17, 15) is 4.79 Å². The fourth-order valence-corrected chi connectivity index (χ4v) is 3.68. The van der Waals surface area contributed by atoms with Gasteiger partial charge < -0.3 is 9.42 Å². The molecular weight excluding hydrogens is 354 g/mol. The van der Waals surface area contributed by atoms with Gasteiger partial charge in [-0.05, 0) is 37.8 Å². The molecule has 0 fully saturated rings. The van der Waals surface area contributed by atoms with E-state index in [-0.39, 0.29) is 12.5 Å². The third-order valence-corrected chi connectivity index (χ3v) is 5.18. The molecule has 0 spiro atoms. The van der Waals surface area contributed by atoms with E-state index in [4.69, 9.17) is 9.62 Å². The second kappa shape index (κ2) is 7.96. The Morgan fingerprint density at radius 1 is 1.18 bits per heavy atom. The Bertz CT molecular complexity index is 961. The molecule has 1 aliphatic carbocycles. The SMILES string of the molecule is CCc1noc(CN(C)C(=O)c2nn(-c3ccccc3)c3c2CCCCC3)n1. The summed E-state index contributed by atoms with van der Waals surface area (Å²) in [5.41, 5.74) is 3.77. The Balaban J connectivity index is 1.66. The number of benzene rings is 1. The highest BCUT2D eigenvalue weighted by Gasteiger charge is 2.27. The monoisotopic (exact) mass is 379 g/mol. The van der Waals surface area contributed by atoms with Crippen molar-refractivity contribution in [1.29, 1.82) is 0 Å². The second-order valence-electron chi connectivity index (χ2n) is 7.20. The number of hydrogen-bond donors (Lipinski definition) is 0. The lowest BCUT2D eigenvalue weighted by molar-refractivity contribution is 0.0762. The molecule has 0 unspecified atom stereocenters. The zero-order valence-electron chi connectivity index (χ0n) is 16.4. The molecule has 146 valence electrons. The van der Waals surface area contributed by atoms with Gasteiger partial charge in [0.25, 0.3) is 5.91 Å². The number of fused-ring (bicyclic) bond motifs is 1. The van der Waals surface area contributed by atoms with Crippen molar-refractivity contribution in [2.45, 2.75) is 52.0 Å².